The smallest absolute Gasteiger partial charge is 0.260 e. The molecule has 136 valence electrons. The van der Waals surface area contributed by atoms with Gasteiger partial charge in [-0.3, -0.25) is 9.78 Å². The Morgan fingerprint density at radius 1 is 1.30 bits per heavy atom. The standard InChI is InChI=1S/C20H18N4O3/c1-20(2)17(25)16(13-9-11(10-21)7-8-15(13)27-20)23-19-22-14-6-4-3-5-12(14)18(26)24-19/h3-9,16-17,25H,1-2H3,(H2,22,23,24,26)/t16-,17+/m1/s1. The van der Waals surface area contributed by atoms with Gasteiger partial charge in [-0.05, 0) is 44.2 Å². The molecule has 2 heterocycles. The highest BCUT2D eigenvalue weighted by Gasteiger charge is 2.43. The van der Waals surface area contributed by atoms with Crippen LogP contribution in [0.1, 0.15) is 31.0 Å². The topological polar surface area (TPSA) is 111 Å². The fraction of sp³-hybridized carbons (Fsp3) is 0.250. The van der Waals surface area contributed by atoms with Crippen LogP contribution in [0.3, 0.4) is 0 Å². The molecule has 7 heteroatoms. The Morgan fingerprint density at radius 3 is 2.85 bits per heavy atom. The molecule has 0 radical (unpaired) electrons. The number of rotatable bonds is 2. The van der Waals surface area contributed by atoms with E-state index in [1.165, 1.54) is 0 Å². The lowest BCUT2D eigenvalue weighted by Crippen LogP contribution is -2.51. The van der Waals surface area contributed by atoms with Crippen molar-refractivity contribution in [2.45, 2.75) is 31.6 Å². The van der Waals surface area contributed by atoms with Crippen LogP contribution >= 0.6 is 0 Å². The summed E-state index contributed by atoms with van der Waals surface area (Å²) in [6.45, 7) is 3.56. The van der Waals surface area contributed by atoms with E-state index in [9.17, 15) is 15.2 Å². The van der Waals surface area contributed by atoms with Crippen molar-refractivity contribution in [3.63, 3.8) is 0 Å². The lowest BCUT2D eigenvalue weighted by Gasteiger charge is -2.42. The van der Waals surface area contributed by atoms with Crippen LogP contribution in [0, 0.1) is 11.3 Å². The Bertz CT molecular complexity index is 1130. The summed E-state index contributed by atoms with van der Waals surface area (Å²) >= 11 is 0. The molecule has 2 atom stereocenters. The van der Waals surface area contributed by atoms with Gasteiger partial charge < -0.3 is 15.2 Å². The van der Waals surface area contributed by atoms with Crippen molar-refractivity contribution in [1.82, 2.24) is 9.97 Å². The molecule has 0 saturated heterocycles. The third-order valence-corrected chi connectivity index (χ3v) is 4.78. The highest BCUT2D eigenvalue weighted by atomic mass is 16.5. The number of ether oxygens (including phenoxy) is 1. The number of aromatic nitrogens is 2. The highest BCUT2D eigenvalue weighted by Crippen LogP contribution is 2.41. The van der Waals surface area contributed by atoms with Gasteiger partial charge in [-0.2, -0.15) is 5.26 Å². The second kappa shape index (κ2) is 6.11. The van der Waals surface area contributed by atoms with Crippen molar-refractivity contribution in [2.75, 3.05) is 5.32 Å². The van der Waals surface area contributed by atoms with Crippen LogP contribution in [0.25, 0.3) is 10.9 Å². The molecule has 4 rings (SSSR count). The Balaban J connectivity index is 1.81. The predicted molar refractivity (Wildman–Crippen MR) is 101 cm³/mol. The third-order valence-electron chi connectivity index (χ3n) is 4.78. The molecule has 0 spiro atoms. The second-order valence-corrected chi connectivity index (χ2v) is 7.07. The summed E-state index contributed by atoms with van der Waals surface area (Å²) in [6.07, 6.45) is -0.935. The Kier molecular flexibility index (Phi) is 3.86. The average Bonchev–Trinajstić information content (AvgIpc) is 2.65. The number of nitrogens with one attached hydrogen (secondary N) is 2. The largest absolute Gasteiger partial charge is 0.485 e. The SMILES string of the molecule is CC1(C)Oc2ccc(C#N)cc2[C@@H](Nc2nc3ccccc3c(=O)[nH]2)[C@@H]1O. The Labute approximate surface area is 155 Å². The summed E-state index contributed by atoms with van der Waals surface area (Å²) < 4.78 is 5.90. The van der Waals surface area contributed by atoms with Crippen LogP contribution in [0.5, 0.6) is 5.75 Å². The first-order valence-electron chi connectivity index (χ1n) is 8.56. The van der Waals surface area contributed by atoms with E-state index < -0.39 is 17.7 Å². The lowest BCUT2D eigenvalue weighted by molar-refractivity contribution is -0.0533. The normalized spacial score (nSPS) is 20.4. The minimum absolute atomic E-state index is 0.244. The van der Waals surface area contributed by atoms with Gasteiger partial charge in [-0.1, -0.05) is 12.1 Å². The van der Waals surface area contributed by atoms with Gasteiger partial charge in [0.15, 0.2) is 0 Å². The summed E-state index contributed by atoms with van der Waals surface area (Å²) in [4.78, 5) is 19.5. The molecule has 3 N–H and O–H groups in total. The first-order valence-corrected chi connectivity index (χ1v) is 8.56. The third kappa shape index (κ3) is 2.90. The monoisotopic (exact) mass is 362 g/mol. The summed E-state index contributed by atoms with van der Waals surface area (Å²) in [5.74, 6) is 0.818. The molecule has 0 saturated carbocycles. The molecule has 2 aromatic carbocycles. The fourth-order valence-corrected chi connectivity index (χ4v) is 3.33. The molecule has 0 fully saturated rings. The van der Waals surface area contributed by atoms with Gasteiger partial charge >= 0.3 is 0 Å². The number of H-pyrrole nitrogens is 1. The minimum atomic E-state index is -0.935. The van der Waals surface area contributed by atoms with E-state index >= 15 is 0 Å². The summed E-state index contributed by atoms with van der Waals surface area (Å²) in [6, 6.07) is 13.6. The molecule has 3 aromatic rings. The zero-order chi connectivity index (χ0) is 19.2. The van der Waals surface area contributed by atoms with Gasteiger partial charge in [0.05, 0.1) is 28.6 Å². The van der Waals surface area contributed by atoms with Crippen molar-refractivity contribution in [3.05, 3.63) is 63.9 Å². The van der Waals surface area contributed by atoms with Crippen molar-refractivity contribution in [2.24, 2.45) is 0 Å². The molecular formula is C20H18N4O3. The zero-order valence-corrected chi connectivity index (χ0v) is 14.9. The van der Waals surface area contributed by atoms with Crippen molar-refractivity contribution in [3.8, 4) is 11.8 Å². The number of benzene rings is 2. The van der Waals surface area contributed by atoms with Crippen LogP contribution in [0.15, 0.2) is 47.3 Å². The molecule has 0 amide bonds. The molecule has 0 bridgehead atoms. The second-order valence-electron chi connectivity index (χ2n) is 7.07. The van der Waals surface area contributed by atoms with Gasteiger partial charge in [0.2, 0.25) is 5.95 Å². The van der Waals surface area contributed by atoms with Crippen molar-refractivity contribution < 1.29 is 9.84 Å². The zero-order valence-electron chi connectivity index (χ0n) is 14.9. The van der Waals surface area contributed by atoms with E-state index in [0.717, 1.165) is 0 Å². The molecule has 7 nitrogen and oxygen atoms in total. The summed E-state index contributed by atoms with van der Waals surface area (Å²) in [7, 11) is 0. The van der Waals surface area contributed by atoms with E-state index in [1.54, 1.807) is 56.3 Å². The first-order chi connectivity index (χ1) is 12.9. The van der Waals surface area contributed by atoms with Gasteiger partial charge in [-0.25, -0.2) is 4.98 Å². The number of hydrogen-bond acceptors (Lipinski definition) is 6. The maximum absolute atomic E-state index is 12.3. The number of anilines is 1. The summed E-state index contributed by atoms with van der Waals surface area (Å²) in [5, 5.41) is 23.7. The van der Waals surface area contributed by atoms with E-state index in [1.807, 2.05) is 0 Å². The molecule has 0 unspecified atom stereocenters. The van der Waals surface area contributed by atoms with E-state index in [0.29, 0.717) is 27.8 Å². The van der Waals surface area contributed by atoms with Gasteiger partial charge in [-0.15, -0.1) is 0 Å². The Morgan fingerprint density at radius 2 is 2.07 bits per heavy atom. The van der Waals surface area contributed by atoms with Crippen LogP contribution in [-0.4, -0.2) is 26.8 Å². The van der Waals surface area contributed by atoms with Crippen LogP contribution < -0.4 is 15.6 Å². The Hall–Kier alpha value is -3.37. The number of hydrogen-bond donors (Lipinski definition) is 3. The molecule has 1 aromatic heterocycles. The molecule has 1 aliphatic rings. The number of fused-ring (bicyclic) bond motifs is 2. The first kappa shape index (κ1) is 17.1. The minimum Gasteiger partial charge on any atom is -0.485 e. The van der Waals surface area contributed by atoms with Gasteiger partial charge in [0.25, 0.3) is 5.56 Å². The quantitative estimate of drug-likeness (QED) is 0.646. The van der Waals surface area contributed by atoms with Crippen molar-refractivity contribution in [1.29, 1.82) is 5.26 Å². The molecular weight excluding hydrogens is 344 g/mol. The number of nitriles is 1. The van der Waals surface area contributed by atoms with E-state index in [4.69, 9.17) is 4.74 Å². The lowest BCUT2D eigenvalue weighted by atomic mass is 9.86. The maximum atomic E-state index is 12.3. The predicted octanol–water partition coefficient (Wildman–Crippen LogP) is 2.48. The van der Waals surface area contributed by atoms with Crippen LogP contribution in [0.2, 0.25) is 0 Å². The van der Waals surface area contributed by atoms with Crippen LogP contribution in [0.4, 0.5) is 5.95 Å². The molecule has 27 heavy (non-hydrogen) atoms. The number of aliphatic hydroxyl groups is 1. The number of aliphatic hydroxyl groups excluding tert-OH is 1. The molecule has 1 aliphatic heterocycles. The molecule has 0 aliphatic carbocycles. The van der Waals surface area contributed by atoms with Crippen LogP contribution in [-0.2, 0) is 0 Å². The number of nitrogens with zero attached hydrogens (tertiary/aromatic N) is 2. The number of para-hydroxylation sites is 1. The summed E-state index contributed by atoms with van der Waals surface area (Å²) in [5.41, 5.74) is 0.508. The fourth-order valence-electron chi connectivity index (χ4n) is 3.33. The number of aromatic amines is 1. The van der Waals surface area contributed by atoms with E-state index in [-0.39, 0.29) is 11.5 Å². The van der Waals surface area contributed by atoms with Crippen molar-refractivity contribution >= 4 is 16.9 Å². The highest BCUT2D eigenvalue weighted by molar-refractivity contribution is 5.78. The van der Waals surface area contributed by atoms with Gasteiger partial charge in [0.1, 0.15) is 17.5 Å². The maximum Gasteiger partial charge on any atom is 0.260 e. The van der Waals surface area contributed by atoms with E-state index in [2.05, 4.69) is 21.4 Å². The van der Waals surface area contributed by atoms with Gasteiger partial charge in [0, 0.05) is 5.56 Å². The average molecular weight is 362 g/mol.